The first-order valence-corrected chi connectivity index (χ1v) is 6.72. The summed E-state index contributed by atoms with van der Waals surface area (Å²) in [5.74, 6) is 0.850. The first-order valence-electron chi connectivity index (χ1n) is 6.35. The Morgan fingerprint density at radius 1 is 1.25 bits per heavy atom. The summed E-state index contributed by atoms with van der Waals surface area (Å²) in [5, 5.41) is 0.515. The van der Waals surface area contributed by atoms with Crippen LogP contribution in [-0.2, 0) is 0 Å². The molecule has 2 heterocycles. The highest BCUT2D eigenvalue weighted by Crippen LogP contribution is 2.27. The monoisotopic (exact) mass is 287 g/mol. The first kappa shape index (κ1) is 12.8. The molecule has 0 aliphatic heterocycles. The van der Waals surface area contributed by atoms with Crippen molar-refractivity contribution < 1.29 is 4.74 Å². The Bertz CT molecular complexity index is 750. The molecular formula is C15H14ClN3O. The molecule has 0 aliphatic carbocycles. The molecule has 0 radical (unpaired) electrons. The summed E-state index contributed by atoms with van der Waals surface area (Å²) in [6, 6.07) is 9.57. The summed E-state index contributed by atoms with van der Waals surface area (Å²) in [7, 11) is 0. The number of ether oxygens (including phenoxy) is 1. The lowest BCUT2D eigenvalue weighted by Crippen LogP contribution is -1.92. The van der Waals surface area contributed by atoms with Gasteiger partial charge in [-0.1, -0.05) is 11.6 Å². The van der Waals surface area contributed by atoms with E-state index in [4.69, 9.17) is 22.1 Å². The van der Waals surface area contributed by atoms with Crippen molar-refractivity contribution in [2.45, 2.75) is 6.92 Å². The van der Waals surface area contributed by atoms with Gasteiger partial charge in [-0.3, -0.25) is 0 Å². The van der Waals surface area contributed by atoms with E-state index in [1.54, 1.807) is 6.07 Å². The molecule has 0 unspecified atom stereocenters. The zero-order chi connectivity index (χ0) is 14.1. The normalized spacial score (nSPS) is 10.9. The van der Waals surface area contributed by atoms with Gasteiger partial charge >= 0.3 is 0 Å². The molecule has 102 valence electrons. The van der Waals surface area contributed by atoms with Gasteiger partial charge in [0.15, 0.2) is 5.65 Å². The molecular weight excluding hydrogens is 274 g/mol. The second-order valence-electron chi connectivity index (χ2n) is 4.39. The number of nitrogens with two attached hydrogens (primary N) is 1. The van der Waals surface area contributed by atoms with Crippen LogP contribution in [0.25, 0.3) is 16.9 Å². The Balaban J connectivity index is 2.03. The largest absolute Gasteiger partial charge is 0.494 e. The van der Waals surface area contributed by atoms with Crippen LogP contribution in [-0.4, -0.2) is 16.0 Å². The van der Waals surface area contributed by atoms with Crippen molar-refractivity contribution in [1.29, 1.82) is 0 Å². The number of pyridine rings is 1. The molecule has 0 saturated carbocycles. The van der Waals surface area contributed by atoms with Crippen molar-refractivity contribution in [1.82, 2.24) is 9.38 Å². The molecule has 2 N–H and O–H groups in total. The third-order valence-corrected chi connectivity index (χ3v) is 3.40. The third-order valence-electron chi connectivity index (χ3n) is 3.07. The van der Waals surface area contributed by atoms with E-state index in [0.717, 1.165) is 17.0 Å². The maximum absolute atomic E-state index is 6.00. The molecule has 0 amide bonds. The van der Waals surface area contributed by atoms with E-state index in [0.29, 0.717) is 23.0 Å². The van der Waals surface area contributed by atoms with Gasteiger partial charge in [-0.25, -0.2) is 4.98 Å². The summed E-state index contributed by atoms with van der Waals surface area (Å²) in [6.45, 7) is 2.62. The number of benzene rings is 1. The Morgan fingerprint density at radius 2 is 2.00 bits per heavy atom. The van der Waals surface area contributed by atoms with E-state index >= 15 is 0 Å². The van der Waals surface area contributed by atoms with Crippen LogP contribution in [0.2, 0.25) is 5.02 Å². The predicted octanol–water partition coefficient (Wildman–Crippen LogP) is 3.64. The molecule has 3 aromatic rings. The molecule has 0 fully saturated rings. The number of fused-ring (bicyclic) bond motifs is 1. The Hall–Kier alpha value is -2.20. The van der Waals surface area contributed by atoms with Crippen molar-refractivity contribution in [2.24, 2.45) is 0 Å². The van der Waals surface area contributed by atoms with Crippen molar-refractivity contribution in [2.75, 3.05) is 12.3 Å². The SMILES string of the molecule is CCOc1ccc(-c2cn3ccc(Cl)c(N)c3n2)cc1. The summed E-state index contributed by atoms with van der Waals surface area (Å²) in [4.78, 5) is 4.53. The topological polar surface area (TPSA) is 52.5 Å². The summed E-state index contributed by atoms with van der Waals surface area (Å²) in [5.41, 5.74) is 8.95. The zero-order valence-corrected chi connectivity index (χ0v) is 11.8. The van der Waals surface area contributed by atoms with E-state index in [2.05, 4.69) is 4.98 Å². The van der Waals surface area contributed by atoms with Gasteiger partial charge in [0.2, 0.25) is 0 Å². The number of hydrogen-bond acceptors (Lipinski definition) is 3. The van der Waals surface area contributed by atoms with Crippen LogP contribution >= 0.6 is 11.6 Å². The van der Waals surface area contributed by atoms with E-state index in [1.165, 1.54) is 0 Å². The van der Waals surface area contributed by atoms with Gasteiger partial charge in [0.1, 0.15) is 5.75 Å². The smallest absolute Gasteiger partial charge is 0.162 e. The fraction of sp³-hybridized carbons (Fsp3) is 0.133. The van der Waals surface area contributed by atoms with Crippen molar-refractivity contribution in [3.05, 3.63) is 47.7 Å². The number of rotatable bonds is 3. The Kier molecular flexibility index (Phi) is 3.24. The van der Waals surface area contributed by atoms with E-state index in [1.807, 2.05) is 48.0 Å². The van der Waals surface area contributed by atoms with Crippen molar-refractivity contribution in [3.63, 3.8) is 0 Å². The average Bonchev–Trinajstić information content (AvgIpc) is 2.89. The summed E-state index contributed by atoms with van der Waals surface area (Å²) in [6.07, 6.45) is 3.77. The Labute approximate surface area is 121 Å². The molecule has 0 aliphatic rings. The number of nitrogens with zero attached hydrogens (tertiary/aromatic N) is 2. The molecule has 2 aromatic heterocycles. The molecule has 0 bridgehead atoms. The third kappa shape index (κ3) is 2.18. The van der Waals surface area contributed by atoms with Crippen LogP contribution in [0.3, 0.4) is 0 Å². The van der Waals surface area contributed by atoms with Crippen molar-refractivity contribution >= 4 is 22.9 Å². The van der Waals surface area contributed by atoms with Gasteiger partial charge < -0.3 is 14.9 Å². The van der Waals surface area contributed by atoms with Gasteiger partial charge in [0, 0.05) is 18.0 Å². The molecule has 0 atom stereocenters. The molecule has 1 aromatic carbocycles. The van der Waals surface area contributed by atoms with Crippen LogP contribution < -0.4 is 10.5 Å². The quantitative estimate of drug-likeness (QED) is 0.800. The van der Waals surface area contributed by atoms with E-state index < -0.39 is 0 Å². The van der Waals surface area contributed by atoms with Gasteiger partial charge in [0.25, 0.3) is 0 Å². The maximum atomic E-state index is 6.00. The summed E-state index contributed by atoms with van der Waals surface area (Å²) >= 11 is 6.00. The molecule has 4 nitrogen and oxygen atoms in total. The lowest BCUT2D eigenvalue weighted by molar-refractivity contribution is 0.340. The highest BCUT2D eigenvalue weighted by Gasteiger charge is 2.09. The standard InChI is InChI=1S/C15H14ClN3O/c1-2-20-11-5-3-10(4-6-11)13-9-19-8-7-12(16)14(17)15(19)18-13/h3-9H,2,17H2,1H3. The minimum absolute atomic E-state index is 0.492. The van der Waals surface area contributed by atoms with Gasteiger partial charge in [-0.15, -0.1) is 0 Å². The number of hydrogen-bond donors (Lipinski definition) is 1. The maximum Gasteiger partial charge on any atom is 0.162 e. The summed E-state index contributed by atoms with van der Waals surface area (Å²) < 4.78 is 7.30. The van der Waals surface area contributed by atoms with Crippen LogP contribution in [0.4, 0.5) is 5.69 Å². The van der Waals surface area contributed by atoms with Gasteiger partial charge in [0.05, 0.1) is 23.0 Å². The predicted molar refractivity (Wildman–Crippen MR) is 81.2 cm³/mol. The second kappa shape index (κ2) is 5.06. The van der Waals surface area contributed by atoms with Crippen LogP contribution in [0, 0.1) is 0 Å². The lowest BCUT2D eigenvalue weighted by Gasteiger charge is -2.02. The minimum atomic E-state index is 0.492. The highest BCUT2D eigenvalue weighted by molar-refractivity contribution is 6.33. The van der Waals surface area contributed by atoms with Crippen LogP contribution in [0.5, 0.6) is 5.75 Å². The number of imidazole rings is 1. The average molecular weight is 288 g/mol. The fourth-order valence-electron chi connectivity index (χ4n) is 2.08. The molecule has 5 heteroatoms. The van der Waals surface area contributed by atoms with E-state index in [9.17, 15) is 0 Å². The van der Waals surface area contributed by atoms with Crippen molar-refractivity contribution in [3.8, 4) is 17.0 Å². The number of halogens is 1. The van der Waals surface area contributed by atoms with Gasteiger partial charge in [-0.2, -0.15) is 0 Å². The lowest BCUT2D eigenvalue weighted by atomic mass is 10.2. The second-order valence-corrected chi connectivity index (χ2v) is 4.80. The molecule has 0 saturated heterocycles. The fourth-order valence-corrected chi connectivity index (χ4v) is 2.22. The first-order chi connectivity index (χ1) is 9.69. The minimum Gasteiger partial charge on any atom is -0.494 e. The molecule has 0 spiro atoms. The number of aromatic nitrogens is 2. The zero-order valence-electron chi connectivity index (χ0n) is 11.0. The Morgan fingerprint density at radius 3 is 2.70 bits per heavy atom. The highest BCUT2D eigenvalue weighted by atomic mass is 35.5. The van der Waals surface area contributed by atoms with Gasteiger partial charge in [-0.05, 0) is 37.3 Å². The molecule has 20 heavy (non-hydrogen) atoms. The molecule has 3 rings (SSSR count). The number of anilines is 1. The number of nitrogen functional groups attached to an aromatic ring is 1. The van der Waals surface area contributed by atoms with Crippen LogP contribution in [0.1, 0.15) is 6.92 Å². The van der Waals surface area contributed by atoms with E-state index in [-0.39, 0.29) is 0 Å². The van der Waals surface area contributed by atoms with Crippen LogP contribution in [0.15, 0.2) is 42.7 Å².